The predicted molar refractivity (Wildman–Crippen MR) is 120 cm³/mol. The molecule has 2 N–H and O–H groups in total. The minimum absolute atomic E-state index is 0.00467. The third-order valence-electron chi connectivity index (χ3n) is 5.51. The number of ether oxygens (including phenoxy) is 3. The number of guanidine groups is 1. The maximum atomic E-state index is 12.7. The molecule has 6 nitrogen and oxygen atoms in total. The number of nitrogens with zero attached hydrogens (tertiary/aromatic N) is 1. The maximum Gasteiger partial charge on any atom is 0.387 e. The molecule has 0 bridgehead atoms. The SMILES string of the molecule is CN=C(NCc1ccc(OC)c(OC(F)F)c1)NCC1CCCOC1c1ccc(C)cc1. The van der Waals surface area contributed by atoms with Crippen molar-refractivity contribution in [2.24, 2.45) is 10.9 Å². The van der Waals surface area contributed by atoms with E-state index in [0.717, 1.165) is 25.0 Å². The van der Waals surface area contributed by atoms with Gasteiger partial charge in [-0.15, -0.1) is 0 Å². The van der Waals surface area contributed by atoms with Crippen molar-refractivity contribution in [3.05, 3.63) is 59.2 Å². The summed E-state index contributed by atoms with van der Waals surface area (Å²) in [5.41, 5.74) is 3.18. The Balaban J connectivity index is 1.58. The van der Waals surface area contributed by atoms with Crippen LogP contribution in [0.2, 0.25) is 0 Å². The summed E-state index contributed by atoms with van der Waals surface area (Å²) >= 11 is 0. The van der Waals surface area contributed by atoms with Crippen LogP contribution in [-0.4, -0.2) is 39.9 Å². The Labute approximate surface area is 188 Å². The third kappa shape index (κ3) is 6.56. The van der Waals surface area contributed by atoms with E-state index in [9.17, 15) is 8.78 Å². The van der Waals surface area contributed by atoms with Crippen molar-refractivity contribution in [3.8, 4) is 11.5 Å². The first-order chi connectivity index (χ1) is 15.5. The lowest BCUT2D eigenvalue weighted by atomic mass is 9.89. The van der Waals surface area contributed by atoms with Gasteiger partial charge in [0.05, 0.1) is 13.2 Å². The Bertz CT molecular complexity index is 891. The highest BCUT2D eigenvalue weighted by atomic mass is 19.3. The summed E-state index contributed by atoms with van der Waals surface area (Å²) in [6.07, 6.45) is 2.14. The van der Waals surface area contributed by atoms with Crippen molar-refractivity contribution in [2.75, 3.05) is 27.3 Å². The van der Waals surface area contributed by atoms with Crippen molar-refractivity contribution >= 4 is 5.96 Å². The lowest BCUT2D eigenvalue weighted by molar-refractivity contribution is -0.0512. The average Bonchev–Trinajstić information content (AvgIpc) is 2.80. The van der Waals surface area contributed by atoms with Gasteiger partial charge in [-0.1, -0.05) is 35.9 Å². The van der Waals surface area contributed by atoms with Crippen LogP contribution in [0, 0.1) is 12.8 Å². The molecular weight excluding hydrogens is 416 g/mol. The summed E-state index contributed by atoms with van der Waals surface area (Å²) in [6.45, 7) is 1.03. The zero-order chi connectivity index (χ0) is 22.9. The van der Waals surface area contributed by atoms with Gasteiger partial charge in [0.15, 0.2) is 17.5 Å². The Morgan fingerprint density at radius 2 is 1.94 bits per heavy atom. The number of methoxy groups -OCH3 is 1. The first-order valence-electron chi connectivity index (χ1n) is 10.7. The van der Waals surface area contributed by atoms with E-state index in [1.165, 1.54) is 24.3 Å². The molecule has 0 spiro atoms. The van der Waals surface area contributed by atoms with Gasteiger partial charge in [0.1, 0.15) is 0 Å². The van der Waals surface area contributed by atoms with E-state index < -0.39 is 6.61 Å². The lowest BCUT2D eigenvalue weighted by Crippen LogP contribution is -2.41. The number of hydrogen-bond donors (Lipinski definition) is 2. The quantitative estimate of drug-likeness (QED) is 0.463. The number of alkyl halides is 2. The van der Waals surface area contributed by atoms with E-state index in [1.807, 2.05) is 0 Å². The average molecular weight is 448 g/mol. The van der Waals surface area contributed by atoms with Crippen molar-refractivity contribution in [1.82, 2.24) is 10.6 Å². The number of aliphatic imine (C=N–C) groups is 1. The van der Waals surface area contributed by atoms with E-state index in [4.69, 9.17) is 9.47 Å². The minimum atomic E-state index is -2.92. The van der Waals surface area contributed by atoms with E-state index in [-0.39, 0.29) is 17.6 Å². The molecule has 2 atom stereocenters. The van der Waals surface area contributed by atoms with Crippen molar-refractivity contribution in [1.29, 1.82) is 0 Å². The molecule has 3 rings (SSSR count). The van der Waals surface area contributed by atoms with Crippen LogP contribution in [0.15, 0.2) is 47.5 Å². The van der Waals surface area contributed by atoms with Gasteiger partial charge >= 0.3 is 6.61 Å². The van der Waals surface area contributed by atoms with E-state index in [0.29, 0.717) is 25.0 Å². The highest BCUT2D eigenvalue weighted by Crippen LogP contribution is 2.33. The van der Waals surface area contributed by atoms with Gasteiger partial charge in [0.25, 0.3) is 0 Å². The molecule has 1 aliphatic rings. The largest absolute Gasteiger partial charge is 0.493 e. The van der Waals surface area contributed by atoms with Gasteiger partial charge in [-0.3, -0.25) is 4.99 Å². The lowest BCUT2D eigenvalue weighted by Gasteiger charge is -2.32. The van der Waals surface area contributed by atoms with Crippen molar-refractivity contribution in [2.45, 2.75) is 39.0 Å². The molecule has 2 unspecified atom stereocenters. The van der Waals surface area contributed by atoms with E-state index >= 15 is 0 Å². The molecule has 0 radical (unpaired) electrons. The second-order valence-corrected chi connectivity index (χ2v) is 7.77. The fourth-order valence-electron chi connectivity index (χ4n) is 3.83. The second-order valence-electron chi connectivity index (χ2n) is 7.77. The molecule has 0 aliphatic carbocycles. The molecule has 174 valence electrons. The van der Waals surface area contributed by atoms with Gasteiger partial charge in [0, 0.05) is 32.7 Å². The Morgan fingerprint density at radius 1 is 1.16 bits per heavy atom. The molecule has 1 heterocycles. The Hall–Kier alpha value is -2.87. The summed E-state index contributed by atoms with van der Waals surface area (Å²) in [6, 6.07) is 13.4. The van der Waals surface area contributed by atoms with Crippen LogP contribution in [0.5, 0.6) is 11.5 Å². The van der Waals surface area contributed by atoms with Gasteiger partial charge < -0.3 is 24.8 Å². The summed E-state index contributed by atoms with van der Waals surface area (Å²) in [7, 11) is 3.11. The summed E-state index contributed by atoms with van der Waals surface area (Å²) in [4.78, 5) is 4.28. The smallest absolute Gasteiger partial charge is 0.387 e. The first-order valence-corrected chi connectivity index (χ1v) is 10.7. The molecule has 2 aromatic rings. The standard InChI is InChI=1S/C24H31F2N3O3/c1-16-6-9-18(10-7-16)22-19(5-4-12-31-22)15-29-24(27-2)28-14-17-8-11-20(30-3)21(13-17)32-23(25)26/h6-11,13,19,22-23H,4-5,12,14-15H2,1-3H3,(H2,27,28,29). The summed E-state index contributed by atoms with van der Waals surface area (Å²) in [5.74, 6) is 1.21. The number of hydrogen-bond acceptors (Lipinski definition) is 4. The fraction of sp³-hybridized carbons (Fsp3) is 0.458. The van der Waals surface area contributed by atoms with Gasteiger partial charge in [0.2, 0.25) is 0 Å². The topological polar surface area (TPSA) is 64.1 Å². The number of benzene rings is 2. The molecule has 2 aromatic carbocycles. The number of halogens is 2. The van der Waals surface area contributed by atoms with Gasteiger partial charge in [-0.05, 0) is 43.0 Å². The van der Waals surface area contributed by atoms with Crippen LogP contribution in [0.1, 0.15) is 35.6 Å². The number of aryl methyl sites for hydroxylation is 1. The maximum absolute atomic E-state index is 12.7. The van der Waals surface area contributed by atoms with Crippen molar-refractivity contribution < 1.29 is 23.0 Å². The zero-order valence-corrected chi connectivity index (χ0v) is 18.7. The number of nitrogens with one attached hydrogen (secondary N) is 2. The zero-order valence-electron chi connectivity index (χ0n) is 18.7. The molecule has 0 aromatic heterocycles. The fourth-order valence-corrected chi connectivity index (χ4v) is 3.83. The second kappa shape index (κ2) is 11.7. The van der Waals surface area contributed by atoms with Crippen LogP contribution in [-0.2, 0) is 11.3 Å². The molecular formula is C24H31F2N3O3. The number of rotatable bonds is 8. The molecule has 32 heavy (non-hydrogen) atoms. The third-order valence-corrected chi connectivity index (χ3v) is 5.51. The van der Waals surface area contributed by atoms with E-state index in [1.54, 1.807) is 19.2 Å². The monoisotopic (exact) mass is 447 g/mol. The molecule has 8 heteroatoms. The minimum Gasteiger partial charge on any atom is -0.493 e. The predicted octanol–water partition coefficient (Wildman–Crippen LogP) is 4.44. The Kier molecular flexibility index (Phi) is 8.67. The van der Waals surface area contributed by atoms with Crippen molar-refractivity contribution in [3.63, 3.8) is 0 Å². The normalized spacial score (nSPS) is 19.0. The van der Waals surface area contributed by atoms with Crippen LogP contribution >= 0.6 is 0 Å². The van der Waals surface area contributed by atoms with Crippen LogP contribution in [0.3, 0.4) is 0 Å². The first kappa shape index (κ1) is 23.8. The van der Waals surface area contributed by atoms with Gasteiger partial charge in [-0.2, -0.15) is 8.78 Å². The van der Waals surface area contributed by atoms with E-state index in [2.05, 4.69) is 51.6 Å². The highest BCUT2D eigenvalue weighted by molar-refractivity contribution is 5.79. The summed E-state index contributed by atoms with van der Waals surface area (Å²) in [5, 5.41) is 6.59. The molecule has 1 fully saturated rings. The van der Waals surface area contributed by atoms with Crippen LogP contribution < -0.4 is 20.1 Å². The summed E-state index contributed by atoms with van der Waals surface area (Å²) < 4.78 is 41.0. The molecule has 1 aliphatic heterocycles. The van der Waals surface area contributed by atoms with Crippen LogP contribution in [0.25, 0.3) is 0 Å². The molecule has 1 saturated heterocycles. The molecule has 0 saturated carbocycles. The molecule has 0 amide bonds. The Morgan fingerprint density at radius 3 is 2.62 bits per heavy atom. The van der Waals surface area contributed by atoms with Crippen LogP contribution in [0.4, 0.5) is 8.78 Å². The highest BCUT2D eigenvalue weighted by Gasteiger charge is 2.27. The van der Waals surface area contributed by atoms with Gasteiger partial charge in [-0.25, -0.2) is 0 Å².